The molecule has 0 spiro atoms. The fourth-order valence-electron chi connectivity index (χ4n) is 11.1. The molecule has 3 aliphatic rings. The van der Waals surface area contributed by atoms with Gasteiger partial charge in [0.05, 0.1) is 0 Å². The van der Waals surface area contributed by atoms with E-state index in [4.69, 9.17) is 4.42 Å². The highest BCUT2D eigenvalue weighted by molar-refractivity contribution is 7.00. The largest absolute Gasteiger partial charge is 0.455 e. The quantitative estimate of drug-likeness (QED) is 0.166. The number of anilines is 6. The molecule has 2 aliphatic heterocycles. The number of aryl methyl sites for hydroxylation is 1. The molecule has 0 radical (unpaired) electrons. The topological polar surface area (TPSA) is 19.6 Å². The number of hydrogen-bond acceptors (Lipinski definition) is 3. The summed E-state index contributed by atoms with van der Waals surface area (Å²) in [7, 11) is 0. The van der Waals surface area contributed by atoms with Crippen LogP contribution < -0.4 is 26.2 Å². The van der Waals surface area contributed by atoms with Crippen molar-refractivity contribution in [3.63, 3.8) is 0 Å². The Balaban J connectivity index is 1.15. The van der Waals surface area contributed by atoms with E-state index in [9.17, 15) is 0 Å². The van der Waals surface area contributed by atoms with Crippen LogP contribution in [0.1, 0.15) is 110 Å². The minimum absolute atomic E-state index is 0.00835. The van der Waals surface area contributed by atoms with Crippen molar-refractivity contribution in [3.05, 3.63) is 161 Å². The van der Waals surface area contributed by atoms with Gasteiger partial charge in [0, 0.05) is 50.5 Å². The van der Waals surface area contributed by atoms with E-state index in [1.807, 2.05) is 6.07 Å². The summed E-state index contributed by atoms with van der Waals surface area (Å²) in [6, 6.07) is 51.0. The highest BCUT2D eigenvalue weighted by Crippen LogP contribution is 2.50. The third-order valence-electron chi connectivity index (χ3n) is 14.9. The smallest absolute Gasteiger partial charge is 0.252 e. The van der Waals surface area contributed by atoms with Gasteiger partial charge >= 0.3 is 0 Å². The highest BCUT2D eigenvalue weighted by atomic mass is 16.3. The van der Waals surface area contributed by atoms with Crippen LogP contribution in [-0.2, 0) is 21.7 Å². The van der Waals surface area contributed by atoms with Gasteiger partial charge in [0.1, 0.15) is 11.2 Å². The van der Waals surface area contributed by atoms with Crippen molar-refractivity contribution in [2.45, 2.75) is 111 Å². The Bertz CT molecular complexity index is 3170. The number of nitrogens with zero attached hydrogens (tertiary/aromatic N) is 2. The van der Waals surface area contributed by atoms with Gasteiger partial charge in [0.25, 0.3) is 6.71 Å². The molecule has 11 rings (SSSR count). The maximum Gasteiger partial charge on any atom is 0.252 e. The van der Waals surface area contributed by atoms with Crippen molar-refractivity contribution in [2.75, 3.05) is 9.80 Å². The van der Waals surface area contributed by atoms with Crippen LogP contribution in [0.3, 0.4) is 0 Å². The first-order valence-electron chi connectivity index (χ1n) is 23.1. The molecule has 314 valence electrons. The standard InChI is InChI=1S/C59H59BN2O/c1-36-31-51-54-52(32-36)62(41-25-26-45-46(35-41)59(10,11)30-29-58(45,8)9)50-34-39(57(5,6)7)22-28-48(50)60(54)47-27-21-38(56(2,3)4)33-49(47)61(51)40-23-19-37(20-24-40)42-16-14-17-44-43-15-12-13-18-53(43)63-55(42)44/h12-28,31-35H,29-30H2,1-11H3. The molecule has 3 heterocycles. The zero-order chi connectivity index (χ0) is 44.0. The zero-order valence-electron chi connectivity index (χ0n) is 39.0. The van der Waals surface area contributed by atoms with Gasteiger partial charge in [-0.1, -0.05) is 148 Å². The molecular formula is C59H59BN2O. The Morgan fingerprint density at radius 3 is 1.70 bits per heavy atom. The van der Waals surface area contributed by atoms with Crippen LogP contribution >= 0.6 is 0 Å². The average Bonchev–Trinajstić information content (AvgIpc) is 3.63. The molecule has 0 amide bonds. The maximum absolute atomic E-state index is 6.52. The van der Waals surface area contributed by atoms with Gasteiger partial charge in [-0.15, -0.1) is 0 Å². The normalized spacial score (nSPS) is 16.2. The third-order valence-corrected chi connectivity index (χ3v) is 14.9. The van der Waals surface area contributed by atoms with E-state index in [0.717, 1.165) is 38.8 Å². The van der Waals surface area contributed by atoms with Crippen molar-refractivity contribution in [1.29, 1.82) is 0 Å². The summed E-state index contributed by atoms with van der Waals surface area (Å²) < 4.78 is 6.52. The molecule has 0 fully saturated rings. The molecule has 0 saturated carbocycles. The predicted molar refractivity (Wildman–Crippen MR) is 271 cm³/mol. The summed E-state index contributed by atoms with van der Waals surface area (Å²) in [5.74, 6) is 0. The van der Waals surface area contributed by atoms with Gasteiger partial charge in [-0.25, -0.2) is 0 Å². The van der Waals surface area contributed by atoms with Gasteiger partial charge < -0.3 is 14.2 Å². The minimum Gasteiger partial charge on any atom is -0.455 e. The zero-order valence-corrected chi connectivity index (χ0v) is 39.0. The molecule has 7 aromatic carbocycles. The lowest BCUT2D eigenvalue weighted by molar-refractivity contribution is 0.332. The molecular weight excluding hydrogens is 763 g/mol. The fourth-order valence-corrected chi connectivity index (χ4v) is 11.1. The van der Waals surface area contributed by atoms with E-state index in [-0.39, 0.29) is 28.4 Å². The summed E-state index contributed by atoms with van der Waals surface area (Å²) in [6.07, 6.45) is 2.38. The van der Waals surface area contributed by atoms with E-state index < -0.39 is 0 Å². The number of fused-ring (bicyclic) bond motifs is 8. The second-order valence-electron chi connectivity index (χ2n) is 22.2. The lowest BCUT2D eigenvalue weighted by atomic mass is 9.33. The SMILES string of the molecule is Cc1cc2c3c(c1)N(c1ccc4c(c1)C(C)(C)CCC4(C)C)c1cc(C(C)(C)C)ccc1B3c1ccc(C(C)(C)C)cc1N2c1ccc(-c2cccc3c2oc2ccccc23)cc1. The van der Waals surface area contributed by atoms with E-state index in [1.165, 1.54) is 85.5 Å². The molecule has 0 atom stereocenters. The molecule has 0 unspecified atom stereocenters. The van der Waals surface area contributed by atoms with Crippen LogP contribution in [0, 0.1) is 6.92 Å². The van der Waals surface area contributed by atoms with Gasteiger partial charge in [-0.3, -0.25) is 0 Å². The number of para-hydroxylation sites is 2. The van der Waals surface area contributed by atoms with Gasteiger partial charge in [0.15, 0.2) is 0 Å². The molecule has 1 aliphatic carbocycles. The van der Waals surface area contributed by atoms with E-state index in [1.54, 1.807) is 0 Å². The van der Waals surface area contributed by atoms with Crippen LogP contribution in [0.5, 0.6) is 0 Å². The van der Waals surface area contributed by atoms with E-state index >= 15 is 0 Å². The average molecular weight is 823 g/mol. The first-order chi connectivity index (χ1) is 29.9. The summed E-state index contributed by atoms with van der Waals surface area (Å²) in [5.41, 5.74) is 22.7. The second-order valence-corrected chi connectivity index (χ2v) is 22.2. The van der Waals surface area contributed by atoms with Gasteiger partial charge in [-0.05, 0) is 146 Å². The Morgan fingerprint density at radius 1 is 0.524 bits per heavy atom. The first-order valence-corrected chi connectivity index (χ1v) is 23.1. The Morgan fingerprint density at radius 2 is 1.08 bits per heavy atom. The molecule has 63 heavy (non-hydrogen) atoms. The second kappa shape index (κ2) is 13.5. The Kier molecular flexibility index (Phi) is 8.54. The molecule has 0 N–H and O–H groups in total. The monoisotopic (exact) mass is 822 g/mol. The minimum atomic E-state index is -0.0223. The highest BCUT2D eigenvalue weighted by Gasteiger charge is 2.45. The predicted octanol–water partition coefficient (Wildman–Crippen LogP) is 14.6. The lowest BCUT2D eigenvalue weighted by Gasteiger charge is -2.46. The third kappa shape index (κ3) is 6.15. The summed E-state index contributed by atoms with van der Waals surface area (Å²) in [5, 5.41) is 2.30. The first kappa shape index (κ1) is 39.8. The van der Waals surface area contributed by atoms with E-state index in [2.05, 4.69) is 213 Å². The molecule has 4 heteroatoms. The Hall–Kier alpha value is -6.00. The van der Waals surface area contributed by atoms with Crippen molar-refractivity contribution in [2.24, 2.45) is 0 Å². The van der Waals surface area contributed by atoms with Crippen molar-refractivity contribution in [3.8, 4) is 11.1 Å². The summed E-state index contributed by atoms with van der Waals surface area (Å²) in [6.45, 7) is 26.1. The van der Waals surface area contributed by atoms with Crippen LogP contribution in [0.4, 0.5) is 34.1 Å². The van der Waals surface area contributed by atoms with Crippen molar-refractivity contribution >= 4 is 79.2 Å². The van der Waals surface area contributed by atoms with Gasteiger partial charge in [-0.2, -0.15) is 0 Å². The van der Waals surface area contributed by atoms with Crippen molar-refractivity contribution in [1.82, 2.24) is 0 Å². The summed E-state index contributed by atoms with van der Waals surface area (Å²) >= 11 is 0. The number of rotatable bonds is 3. The van der Waals surface area contributed by atoms with Crippen LogP contribution in [-0.4, -0.2) is 6.71 Å². The molecule has 8 aromatic rings. The van der Waals surface area contributed by atoms with Crippen LogP contribution in [0.15, 0.2) is 138 Å². The molecule has 0 saturated heterocycles. The number of furan rings is 1. The molecule has 3 nitrogen and oxygen atoms in total. The van der Waals surface area contributed by atoms with E-state index in [0.29, 0.717) is 0 Å². The van der Waals surface area contributed by atoms with Crippen molar-refractivity contribution < 1.29 is 4.42 Å². The summed E-state index contributed by atoms with van der Waals surface area (Å²) in [4.78, 5) is 5.18. The van der Waals surface area contributed by atoms with Crippen LogP contribution in [0.25, 0.3) is 33.1 Å². The lowest BCUT2D eigenvalue weighted by Crippen LogP contribution is -2.61. The Labute approximate surface area is 374 Å². The fraction of sp³-hybridized carbons (Fsp3) is 0.288. The molecule has 1 aromatic heterocycles. The maximum atomic E-state index is 6.52. The van der Waals surface area contributed by atoms with Crippen LogP contribution in [0.2, 0.25) is 0 Å². The van der Waals surface area contributed by atoms with Gasteiger partial charge in [0.2, 0.25) is 0 Å². The number of benzene rings is 7. The number of hydrogen-bond donors (Lipinski definition) is 0. The molecule has 0 bridgehead atoms.